The number of aliphatic hydroxyl groups is 1. The molecule has 2 rings (SSSR count). The second-order valence-corrected chi connectivity index (χ2v) is 10.6. The molecule has 158 valence electrons. The molecule has 1 N–H and O–H groups in total. The van der Waals surface area contributed by atoms with E-state index in [0.717, 1.165) is 25.7 Å². The molecule has 0 amide bonds. The Kier molecular flexibility index (Phi) is 6.32. The van der Waals surface area contributed by atoms with Crippen molar-refractivity contribution >= 4 is 10.1 Å². The summed E-state index contributed by atoms with van der Waals surface area (Å²) in [7, 11) is -5.63. The summed E-state index contributed by atoms with van der Waals surface area (Å²) in [4.78, 5) is 0. The van der Waals surface area contributed by atoms with Crippen molar-refractivity contribution in [1.29, 1.82) is 0 Å². The Labute approximate surface area is 160 Å². The van der Waals surface area contributed by atoms with Crippen LogP contribution in [-0.4, -0.2) is 24.6 Å². The smallest absolute Gasteiger partial charge is 0.390 e. The number of alkyl halides is 3. The van der Waals surface area contributed by atoms with Gasteiger partial charge in [-0.2, -0.15) is 21.6 Å². The summed E-state index contributed by atoms with van der Waals surface area (Å²) in [5.41, 5.74) is -6.38. The molecule has 0 aromatic carbocycles. The third-order valence-corrected chi connectivity index (χ3v) is 7.38. The molecule has 0 unspecified atom stereocenters. The Bertz CT molecular complexity index is 663. The first-order valence-electron chi connectivity index (χ1n) is 9.60. The van der Waals surface area contributed by atoms with E-state index in [1.807, 2.05) is 0 Å². The van der Waals surface area contributed by atoms with Crippen LogP contribution in [0.1, 0.15) is 72.6 Å². The van der Waals surface area contributed by atoms with Gasteiger partial charge in [0, 0.05) is 5.92 Å². The van der Waals surface area contributed by atoms with E-state index in [2.05, 4.69) is 18.0 Å². The lowest BCUT2D eigenvalue weighted by Gasteiger charge is -2.42. The molecule has 8 heteroatoms. The van der Waals surface area contributed by atoms with Gasteiger partial charge in [-0.05, 0) is 69.3 Å². The minimum absolute atomic E-state index is 0.0349. The summed E-state index contributed by atoms with van der Waals surface area (Å²) in [6, 6.07) is 0. The summed E-state index contributed by atoms with van der Waals surface area (Å²) in [6.07, 6.45) is 6.83. The van der Waals surface area contributed by atoms with Gasteiger partial charge in [-0.1, -0.05) is 26.7 Å². The fourth-order valence-corrected chi connectivity index (χ4v) is 5.55. The van der Waals surface area contributed by atoms with Crippen molar-refractivity contribution in [3.8, 4) is 0 Å². The summed E-state index contributed by atoms with van der Waals surface area (Å²) < 4.78 is 65.6. The van der Waals surface area contributed by atoms with Crippen LogP contribution in [-0.2, 0) is 14.3 Å². The van der Waals surface area contributed by atoms with Crippen molar-refractivity contribution in [2.45, 2.75) is 83.8 Å². The third-order valence-electron chi connectivity index (χ3n) is 6.41. The van der Waals surface area contributed by atoms with Gasteiger partial charge in [-0.3, -0.25) is 0 Å². The number of rotatable bonds is 7. The first kappa shape index (κ1) is 22.5. The zero-order valence-electron chi connectivity index (χ0n) is 16.5. The fourth-order valence-electron chi connectivity index (χ4n) is 5.02. The quantitative estimate of drug-likeness (QED) is 0.464. The Morgan fingerprint density at radius 1 is 1.33 bits per heavy atom. The Balaban J connectivity index is 2.09. The molecule has 2 aliphatic carbocycles. The zero-order valence-corrected chi connectivity index (χ0v) is 17.3. The van der Waals surface area contributed by atoms with Crippen molar-refractivity contribution in [2.75, 3.05) is 0 Å². The Morgan fingerprint density at radius 2 is 1.96 bits per heavy atom. The topological polar surface area (TPSA) is 63.6 Å². The van der Waals surface area contributed by atoms with Crippen molar-refractivity contribution in [1.82, 2.24) is 0 Å². The van der Waals surface area contributed by atoms with Gasteiger partial charge >= 0.3 is 15.6 Å². The molecule has 0 saturated heterocycles. The molecule has 1 fully saturated rings. The number of allylic oxidation sites excluding steroid dienone is 2. The van der Waals surface area contributed by atoms with E-state index in [-0.39, 0.29) is 17.1 Å². The van der Waals surface area contributed by atoms with Gasteiger partial charge < -0.3 is 9.29 Å². The molecule has 0 spiro atoms. The standard InChI is InChI=1S/C19H31F3O4S/c1-13(7-5-11-17(2,3)23)14-9-10-15-16(8-6-12-18(14,15)4)26-27(24,25)19(20,21)22/h8,13-15,23H,5-7,9-12H2,1-4H3/t13-,14-,15+,18-/m1/s1. The molecule has 0 radical (unpaired) electrons. The normalized spacial score (nSPS) is 30.6. The van der Waals surface area contributed by atoms with Crippen LogP contribution in [0.4, 0.5) is 13.2 Å². The van der Waals surface area contributed by atoms with Crippen LogP contribution in [0.15, 0.2) is 11.8 Å². The predicted octanol–water partition coefficient (Wildman–Crippen LogP) is 5.14. The monoisotopic (exact) mass is 412 g/mol. The van der Waals surface area contributed by atoms with E-state index >= 15 is 0 Å². The SMILES string of the molecule is C[C@H](CCCC(C)(C)O)[C@H]1CC[C@H]2C(OS(=O)(=O)C(F)(F)F)=CCC[C@]12C. The van der Waals surface area contributed by atoms with Crippen molar-refractivity contribution < 1.29 is 30.9 Å². The molecule has 27 heavy (non-hydrogen) atoms. The van der Waals surface area contributed by atoms with E-state index in [4.69, 9.17) is 0 Å². The molecular weight excluding hydrogens is 381 g/mol. The van der Waals surface area contributed by atoms with Gasteiger partial charge in [-0.25, -0.2) is 0 Å². The van der Waals surface area contributed by atoms with Gasteiger partial charge in [0.15, 0.2) is 0 Å². The molecule has 1 saturated carbocycles. The van der Waals surface area contributed by atoms with Gasteiger partial charge in [0.05, 0.1) is 5.60 Å². The molecule has 4 nitrogen and oxygen atoms in total. The molecule has 0 aromatic heterocycles. The summed E-state index contributed by atoms with van der Waals surface area (Å²) in [5.74, 6) is 0.309. The van der Waals surface area contributed by atoms with E-state index in [9.17, 15) is 26.7 Å². The summed E-state index contributed by atoms with van der Waals surface area (Å²) in [6.45, 7) is 7.76. The van der Waals surface area contributed by atoms with Crippen LogP contribution >= 0.6 is 0 Å². The fraction of sp³-hybridized carbons (Fsp3) is 0.895. The number of halogens is 3. The van der Waals surface area contributed by atoms with Crippen molar-refractivity contribution in [2.24, 2.45) is 23.2 Å². The largest absolute Gasteiger partial charge is 0.534 e. The van der Waals surface area contributed by atoms with Gasteiger partial charge in [-0.15, -0.1) is 0 Å². The highest BCUT2D eigenvalue weighted by Crippen LogP contribution is 2.59. The highest BCUT2D eigenvalue weighted by Gasteiger charge is 2.54. The van der Waals surface area contributed by atoms with Crippen LogP contribution in [0, 0.1) is 23.2 Å². The van der Waals surface area contributed by atoms with E-state index in [1.54, 1.807) is 13.8 Å². The molecule has 0 aromatic rings. The lowest BCUT2D eigenvalue weighted by molar-refractivity contribution is -0.0536. The second-order valence-electron chi connectivity index (χ2n) is 9.05. The minimum Gasteiger partial charge on any atom is -0.390 e. The number of hydrogen-bond donors (Lipinski definition) is 1. The van der Waals surface area contributed by atoms with Crippen LogP contribution in [0.3, 0.4) is 0 Å². The first-order valence-corrected chi connectivity index (χ1v) is 11.0. The van der Waals surface area contributed by atoms with E-state index in [0.29, 0.717) is 31.1 Å². The number of fused-ring (bicyclic) bond motifs is 1. The molecule has 4 atom stereocenters. The Morgan fingerprint density at radius 3 is 2.52 bits per heavy atom. The highest BCUT2D eigenvalue weighted by atomic mass is 32.2. The average Bonchev–Trinajstić information content (AvgIpc) is 2.82. The molecule has 0 aliphatic heterocycles. The van der Waals surface area contributed by atoms with Crippen LogP contribution in [0.2, 0.25) is 0 Å². The van der Waals surface area contributed by atoms with Crippen LogP contribution in [0.5, 0.6) is 0 Å². The van der Waals surface area contributed by atoms with E-state index in [1.165, 1.54) is 6.08 Å². The molecule has 0 bridgehead atoms. The van der Waals surface area contributed by atoms with Gasteiger partial charge in [0.25, 0.3) is 0 Å². The minimum atomic E-state index is -5.63. The maximum absolute atomic E-state index is 12.7. The highest BCUT2D eigenvalue weighted by molar-refractivity contribution is 7.87. The van der Waals surface area contributed by atoms with Gasteiger partial charge in [0.1, 0.15) is 5.76 Å². The van der Waals surface area contributed by atoms with E-state index < -0.39 is 21.2 Å². The second kappa shape index (κ2) is 7.58. The lowest BCUT2D eigenvalue weighted by Crippen LogP contribution is -2.37. The molecule has 2 aliphatic rings. The van der Waals surface area contributed by atoms with Crippen LogP contribution in [0.25, 0.3) is 0 Å². The van der Waals surface area contributed by atoms with Crippen molar-refractivity contribution in [3.63, 3.8) is 0 Å². The molecule has 0 heterocycles. The van der Waals surface area contributed by atoms with Gasteiger partial charge in [0.2, 0.25) is 0 Å². The summed E-state index contributed by atoms with van der Waals surface area (Å²) >= 11 is 0. The van der Waals surface area contributed by atoms with Crippen LogP contribution < -0.4 is 0 Å². The lowest BCUT2D eigenvalue weighted by atomic mass is 9.63. The first-order chi connectivity index (χ1) is 12.2. The predicted molar refractivity (Wildman–Crippen MR) is 97.0 cm³/mol. The summed E-state index contributed by atoms with van der Waals surface area (Å²) in [5, 5.41) is 9.87. The number of hydrogen-bond acceptors (Lipinski definition) is 4. The zero-order chi connectivity index (χ0) is 20.7. The molecular formula is C19H31F3O4S. The Hall–Kier alpha value is -0.760. The average molecular weight is 413 g/mol. The maximum Gasteiger partial charge on any atom is 0.534 e. The van der Waals surface area contributed by atoms with Crippen molar-refractivity contribution in [3.05, 3.63) is 11.8 Å². The maximum atomic E-state index is 12.7. The third kappa shape index (κ3) is 5.00.